The Morgan fingerprint density at radius 3 is 0.286 bits per heavy atom. The van der Waals surface area contributed by atoms with E-state index in [1.54, 1.807) is 0 Å². The Morgan fingerprint density at radius 1 is 0.286 bits per heavy atom. The SMILES string of the molecule is [O-2].[O-2].[O-2].[O-2].[O-2].[Pt].[Pt]. The predicted molar refractivity (Wildman–Crippen MR) is 3.43 cm³/mol. The van der Waals surface area contributed by atoms with Crippen molar-refractivity contribution in [2.75, 3.05) is 0 Å². The van der Waals surface area contributed by atoms with E-state index in [1.807, 2.05) is 0 Å². The molecule has 0 N–H and O–H groups in total. The first-order chi connectivity index (χ1) is 0. The van der Waals surface area contributed by atoms with E-state index in [2.05, 4.69) is 0 Å². The molecule has 0 saturated heterocycles. The largest absolute Gasteiger partial charge is 2.00 e. The molecule has 0 aromatic heterocycles. The Balaban J connectivity index is 0. The molecule has 0 amide bonds. The van der Waals surface area contributed by atoms with Gasteiger partial charge in [-0.25, -0.2) is 0 Å². The standard InChI is InChI=1S/5O.2Pt/q5*-2;;. The van der Waals surface area contributed by atoms with Gasteiger partial charge in [0.15, 0.2) is 0 Å². The molecule has 0 heterocycles. The monoisotopic (exact) mass is 470 g/mol. The minimum Gasteiger partial charge on any atom is -2.00 e. The summed E-state index contributed by atoms with van der Waals surface area (Å²) in [7, 11) is 0. The van der Waals surface area contributed by atoms with Gasteiger partial charge in [-0.1, -0.05) is 0 Å². The second-order valence-corrected chi connectivity index (χ2v) is 0. The fraction of sp³-hybridized carbons (Fsp3) is 0. The van der Waals surface area contributed by atoms with Crippen molar-refractivity contribution in [2.24, 2.45) is 0 Å². The van der Waals surface area contributed by atoms with Crippen LogP contribution in [0.4, 0.5) is 0 Å². The molecule has 7 heavy (non-hydrogen) atoms. The number of rotatable bonds is 0. The van der Waals surface area contributed by atoms with E-state index >= 15 is 0 Å². The van der Waals surface area contributed by atoms with Crippen molar-refractivity contribution in [3.63, 3.8) is 0 Å². The molecule has 5 nitrogen and oxygen atoms in total. The summed E-state index contributed by atoms with van der Waals surface area (Å²) < 4.78 is 0. The van der Waals surface area contributed by atoms with Crippen LogP contribution in [0, 0.1) is 0 Å². The van der Waals surface area contributed by atoms with E-state index < -0.39 is 0 Å². The van der Waals surface area contributed by atoms with Crippen LogP contribution < -0.4 is 0 Å². The molecule has 0 saturated carbocycles. The van der Waals surface area contributed by atoms with Crippen molar-refractivity contribution in [3.05, 3.63) is 0 Å². The second-order valence-electron chi connectivity index (χ2n) is 0. The molecule has 0 aromatic rings. The maximum absolute atomic E-state index is 0. The first-order valence-electron chi connectivity index (χ1n) is 0. The van der Waals surface area contributed by atoms with Gasteiger partial charge in [-0.3, -0.25) is 0 Å². The van der Waals surface area contributed by atoms with Crippen molar-refractivity contribution in [2.45, 2.75) is 0 Å². The molecule has 7 heteroatoms. The Kier molecular flexibility index (Phi) is 8590. The number of hydrogen-bond donors (Lipinski definition) is 0. The topological polar surface area (TPSA) is 142 Å². The van der Waals surface area contributed by atoms with Gasteiger partial charge in [-0.2, -0.15) is 0 Å². The molecule has 0 unspecified atom stereocenters. The van der Waals surface area contributed by atoms with E-state index in [1.165, 1.54) is 0 Å². The number of hydrogen-bond acceptors (Lipinski definition) is 0. The molecule has 0 aliphatic carbocycles. The zero-order chi connectivity index (χ0) is 0. The third-order valence-corrected chi connectivity index (χ3v) is 0. The molecule has 60 valence electrons. The van der Waals surface area contributed by atoms with E-state index in [-0.39, 0.29) is 69.5 Å². The molecule has 0 atom stereocenters. The first kappa shape index (κ1) is 304. The molecular formula is O5Pt2-10. The summed E-state index contributed by atoms with van der Waals surface area (Å²) in [6, 6.07) is 0. The average molecular weight is 470 g/mol. The maximum Gasteiger partial charge on any atom is 0 e. The van der Waals surface area contributed by atoms with Crippen LogP contribution in [0.15, 0.2) is 0 Å². The zero-order valence-corrected chi connectivity index (χ0v) is 7.22. The predicted octanol–water partition coefficient (Wildman–Crippen LogP) is -0.599. The van der Waals surface area contributed by atoms with Crippen molar-refractivity contribution in [3.8, 4) is 0 Å². The Bertz CT molecular complexity index is 6.04. The van der Waals surface area contributed by atoms with Crippen LogP contribution in [-0.4, -0.2) is 0 Å². The van der Waals surface area contributed by atoms with Gasteiger partial charge < -0.3 is 27.4 Å². The van der Waals surface area contributed by atoms with Crippen molar-refractivity contribution in [1.82, 2.24) is 0 Å². The minimum absolute atomic E-state index is 0. The molecule has 0 aromatic carbocycles. The Hall–Kier alpha value is 1.18. The quantitative estimate of drug-likeness (QED) is 0.446. The maximum atomic E-state index is 0. The van der Waals surface area contributed by atoms with Crippen molar-refractivity contribution < 1.29 is 69.5 Å². The van der Waals surface area contributed by atoms with Crippen LogP contribution in [0.2, 0.25) is 0 Å². The van der Waals surface area contributed by atoms with Gasteiger partial charge in [0.2, 0.25) is 0 Å². The first-order valence-corrected chi connectivity index (χ1v) is 0. The summed E-state index contributed by atoms with van der Waals surface area (Å²) in [4.78, 5) is 0. The Labute approximate surface area is 69.5 Å². The van der Waals surface area contributed by atoms with Gasteiger partial charge in [0.25, 0.3) is 0 Å². The van der Waals surface area contributed by atoms with E-state index in [0.717, 1.165) is 0 Å². The third kappa shape index (κ3) is 139. The van der Waals surface area contributed by atoms with Gasteiger partial charge in [-0.05, 0) is 0 Å². The van der Waals surface area contributed by atoms with Crippen molar-refractivity contribution >= 4 is 0 Å². The summed E-state index contributed by atoms with van der Waals surface area (Å²) in [5.41, 5.74) is 0. The van der Waals surface area contributed by atoms with E-state index in [0.29, 0.717) is 0 Å². The summed E-state index contributed by atoms with van der Waals surface area (Å²) >= 11 is 0. The molecule has 0 fully saturated rings. The van der Waals surface area contributed by atoms with E-state index in [9.17, 15) is 0 Å². The van der Waals surface area contributed by atoms with Gasteiger partial charge in [0, 0.05) is 42.1 Å². The molecule has 0 aliphatic heterocycles. The molecular weight excluding hydrogens is 470 g/mol. The van der Waals surface area contributed by atoms with Gasteiger partial charge in [-0.15, -0.1) is 0 Å². The van der Waals surface area contributed by atoms with Crippen LogP contribution in [0.1, 0.15) is 0 Å². The molecule has 0 spiro atoms. The second kappa shape index (κ2) is 198. The molecule has 0 aliphatic rings. The summed E-state index contributed by atoms with van der Waals surface area (Å²) in [5, 5.41) is 0. The van der Waals surface area contributed by atoms with Gasteiger partial charge in [0.1, 0.15) is 0 Å². The van der Waals surface area contributed by atoms with Crippen LogP contribution in [0.25, 0.3) is 0 Å². The summed E-state index contributed by atoms with van der Waals surface area (Å²) in [6.07, 6.45) is 0. The molecule has 0 radical (unpaired) electrons. The third-order valence-electron chi connectivity index (χ3n) is 0. The van der Waals surface area contributed by atoms with Gasteiger partial charge >= 0.3 is 0 Å². The van der Waals surface area contributed by atoms with Crippen molar-refractivity contribution in [1.29, 1.82) is 0 Å². The van der Waals surface area contributed by atoms with Crippen LogP contribution in [-0.2, 0) is 69.5 Å². The van der Waals surface area contributed by atoms with E-state index in [4.69, 9.17) is 0 Å². The normalized spacial score (nSPS) is 0. The van der Waals surface area contributed by atoms with Crippen LogP contribution >= 0.6 is 0 Å². The van der Waals surface area contributed by atoms with Gasteiger partial charge in [0.05, 0.1) is 0 Å². The zero-order valence-electron chi connectivity index (χ0n) is 2.67. The summed E-state index contributed by atoms with van der Waals surface area (Å²) in [6.45, 7) is 0. The smallest absolute Gasteiger partial charge is 0 e. The fourth-order valence-electron chi connectivity index (χ4n) is 0. The average Bonchev–Trinajstić information content (AvgIpc) is 0. The van der Waals surface area contributed by atoms with Crippen LogP contribution in [0.5, 0.6) is 0 Å². The molecule has 0 rings (SSSR count). The minimum atomic E-state index is 0. The van der Waals surface area contributed by atoms with Crippen LogP contribution in [0.3, 0.4) is 0 Å². The molecule has 0 bridgehead atoms. The Morgan fingerprint density at radius 2 is 0.286 bits per heavy atom. The fourth-order valence-corrected chi connectivity index (χ4v) is 0. The summed E-state index contributed by atoms with van der Waals surface area (Å²) in [5.74, 6) is 0.